The predicted octanol–water partition coefficient (Wildman–Crippen LogP) is 1.93. The zero-order valence-electron chi connectivity index (χ0n) is 14.8. The van der Waals surface area contributed by atoms with E-state index >= 15 is 0 Å². The molecular weight excluding hydrogens is 370 g/mol. The minimum Gasteiger partial charge on any atom is -0.490 e. The van der Waals surface area contributed by atoms with Crippen LogP contribution in [0.4, 0.5) is 11.4 Å². The van der Waals surface area contributed by atoms with Gasteiger partial charge in [0, 0.05) is 23.9 Å². The summed E-state index contributed by atoms with van der Waals surface area (Å²) in [5.41, 5.74) is 6.38. The largest absolute Gasteiger partial charge is 0.490 e. The number of fused-ring (bicyclic) bond motifs is 1. The van der Waals surface area contributed by atoms with Crippen LogP contribution in [-0.2, 0) is 14.8 Å². The molecule has 144 valence electrons. The van der Waals surface area contributed by atoms with Crippen LogP contribution in [0.1, 0.15) is 13.3 Å². The molecule has 0 radical (unpaired) electrons. The quantitative estimate of drug-likeness (QED) is 0.716. The third kappa shape index (κ3) is 4.69. The first-order valence-electron chi connectivity index (χ1n) is 8.44. The third-order valence-electron chi connectivity index (χ3n) is 3.85. The molecule has 27 heavy (non-hydrogen) atoms. The molecule has 0 spiro atoms. The number of anilines is 2. The molecule has 2 aromatic carbocycles. The van der Waals surface area contributed by atoms with Gasteiger partial charge in [0.2, 0.25) is 5.91 Å². The highest BCUT2D eigenvalue weighted by atomic mass is 32.2. The first kappa shape index (κ1) is 19.0. The van der Waals surface area contributed by atoms with Crippen LogP contribution in [0.5, 0.6) is 11.5 Å². The van der Waals surface area contributed by atoms with Gasteiger partial charge in [0.15, 0.2) is 11.5 Å². The van der Waals surface area contributed by atoms with E-state index in [-0.39, 0.29) is 10.8 Å². The second-order valence-electron chi connectivity index (χ2n) is 6.12. The number of nitrogens with two attached hydrogens (primary N) is 1. The Morgan fingerprint density at radius 1 is 1.04 bits per heavy atom. The van der Waals surface area contributed by atoms with Crippen LogP contribution in [0, 0.1) is 0 Å². The number of sulfonamides is 1. The maximum Gasteiger partial charge on any atom is 0.262 e. The van der Waals surface area contributed by atoms with Gasteiger partial charge in [-0.2, -0.15) is 0 Å². The van der Waals surface area contributed by atoms with E-state index < -0.39 is 16.1 Å². The van der Waals surface area contributed by atoms with Crippen LogP contribution >= 0.6 is 0 Å². The molecule has 1 aliphatic heterocycles. The number of rotatable bonds is 5. The normalized spacial score (nSPS) is 14.7. The lowest BCUT2D eigenvalue weighted by atomic mass is 10.2. The average Bonchev–Trinajstić information content (AvgIpc) is 2.87. The summed E-state index contributed by atoms with van der Waals surface area (Å²) in [6.07, 6.45) is 0.737. The van der Waals surface area contributed by atoms with Gasteiger partial charge in [0.1, 0.15) is 0 Å². The second kappa shape index (κ2) is 7.85. The van der Waals surface area contributed by atoms with Crippen molar-refractivity contribution in [3.05, 3.63) is 42.5 Å². The predicted molar refractivity (Wildman–Crippen MR) is 102 cm³/mol. The number of nitrogens with one attached hydrogen (secondary N) is 2. The number of ether oxygens (including phenoxy) is 2. The van der Waals surface area contributed by atoms with E-state index in [4.69, 9.17) is 15.2 Å². The highest BCUT2D eigenvalue weighted by Crippen LogP contribution is 2.32. The number of hydrogen-bond donors (Lipinski definition) is 3. The van der Waals surface area contributed by atoms with E-state index in [1.165, 1.54) is 12.1 Å². The maximum absolute atomic E-state index is 12.6. The van der Waals surface area contributed by atoms with Crippen LogP contribution in [0.3, 0.4) is 0 Å². The summed E-state index contributed by atoms with van der Waals surface area (Å²) in [6.45, 7) is 2.58. The van der Waals surface area contributed by atoms with Crippen molar-refractivity contribution in [2.24, 2.45) is 5.73 Å². The van der Waals surface area contributed by atoms with Crippen LogP contribution < -0.4 is 25.2 Å². The molecular formula is C18H21N3O5S. The van der Waals surface area contributed by atoms with Crippen molar-refractivity contribution >= 4 is 27.3 Å². The van der Waals surface area contributed by atoms with E-state index in [0.717, 1.165) is 6.42 Å². The fraction of sp³-hybridized carbons (Fsp3) is 0.278. The Hall–Kier alpha value is -2.78. The second-order valence-corrected chi connectivity index (χ2v) is 7.80. The van der Waals surface area contributed by atoms with E-state index in [9.17, 15) is 13.2 Å². The minimum absolute atomic E-state index is 0.0704. The molecule has 8 nitrogen and oxygen atoms in total. The van der Waals surface area contributed by atoms with Crippen LogP contribution in [0.25, 0.3) is 0 Å². The Morgan fingerprint density at radius 2 is 1.67 bits per heavy atom. The van der Waals surface area contributed by atoms with E-state index in [0.29, 0.717) is 36.1 Å². The Morgan fingerprint density at radius 3 is 2.33 bits per heavy atom. The zero-order valence-corrected chi connectivity index (χ0v) is 15.6. The van der Waals surface area contributed by atoms with Crippen molar-refractivity contribution in [2.45, 2.75) is 24.3 Å². The molecule has 0 aliphatic carbocycles. The van der Waals surface area contributed by atoms with Crippen molar-refractivity contribution in [1.82, 2.24) is 0 Å². The summed E-state index contributed by atoms with van der Waals surface area (Å²) in [6, 6.07) is 10.1. The fourth-order valence-corrected chi connectivity index (χ4v) is 3.48. The molecule has 4 N–H and O–H groups in total. The highest BCUT2D eigenvalue weighted by molar-refractivity contribution is 7.92. The van der Waals surface area contributed by atoms with Gasteiger partial charge in [-0.25, -0.2) is 8.42 Å². The molecule has 0 saturated carbocycles. The molecule has 9 heteroatoms. The lowest BCUT2D eigenvalue weighted by Gasteiger charge is -2.12. The topological polar surface area (TPSA) is 120 Å². The summed E-state index contributed by atoms with van der Waals surface area (Å²) in [5.74, 6) is 0.612. The summed E-state index contributed by atoms with van der Waals surface area (Å²) in [4.78, 5) is 11.7. The Labute approximate surface area is 157 Å². The van der Waals surface area contributed by atoms with Crippen molar-refractivity contribution in [1.29, 1.82) is 0 Å². The molecule has 0 fully saturated rings. The summed E-state index contributed by atoms with van der Waals surface area (Å²) >= 11 is 0. The zero-order chi connectivity index (χ0) is 19.4. The Balaban J connectivity index is 1.74. The number of carbonyl (C=O) groups is 1. The number of benzene rings is 2. The van der Waals surface area contributed by atoms with Gasteiger partial charge in [0.25, 0.3) is 10.0 Å². The summed E-state index contributed by atoms with van der Waals surface area (Å²) < 4.78 is 38.8. The SMILES string of the molecule is CC(N)C(=O)Nc1ccc(NS(=O)(=O)c2ccc3c(c2)OCCCO3)cc1. The van der Waals surface area contributed by atoms with Gasteiger partial charge in [-0.3, -0.25) is 9.52 Å². The minimum atomic E-state index is -3.80. The summed E-state index contributed by atoms with van der Waals surface area (Å²) in [7, 11) is -3.80. The van der Waals surface area contributed by atoms with E-state index in [2.05, 4.69) is 10.0 Å². The van der Waals surface area contributed by atoms with Crippen molar-refractivity contribution in [2.75, 3.05) is 23.3 Å². The molecule has 0 aromatic heterocycles. The van der Waals surface area contributed by atoms with Gasteiger partial charge in [-0.1, -0.05) is 0 Å². The van der Waals surface area contributed by atoms with E-state index in [1.807, 2.05) is 0 Å². The molecule has 0 saturated heterocycles. The van der Waals surface area contributed by atoms with Crippen molar-refractivity contribution in [3.8, 4) is 11.5 Å². The van der Waals surface area contributed by atoms with Crippen LogP contribution in [0.15, 0.2) is 47.4 Å². The standard InChI is InChI=1S/C18H21N3O5S/c1-12(19)18(22)20-13-3-5-14(6-4-13)21-27(23,24)15-7-8-16-17(11-15)26-10-2-9-25-16/h3-8,11-12,21H,2,9-10,19H2,1H3,(H,20,22). The summed E-state index contributed by atoms with van der Waals surface area (Å²) in [5, 5.41) is 2.63. The molecule has 1 heterocycles. The molecule has 1 unspecified atom stereocenters. The van der Waals surface area contributed by atoms with Gasteiger partial charge >= 0.3 is 0 Å². The van der Waals surface area contributed by atoms with Gasteiger partial charge in [0.05, 0.1) is 24.2 Å². The lowest BCUT2D eigenvalue weighted by Crippen LogP contribution is -2.32. The Kier molecular flexibility index (Phi) is 5.52. The van der Waals surface area contributed by atoms with Crippen LogP contribution in [0.2, 0.25) is 0 Å². The Bertz CT molecular complexity index is 927. The fourth-order valence-electron chi connectivity index (χ4n) is 2.40. The first-order valence-corrected chi connectivity index (χ1v) is 9.92. The molecule has 1 amide bonds. The van der Waals surface area contributed by atoms with Crippen molar-refractivity contribution in [3.63, 3.8) is 0 Å². The highest BCUT2D eigenvalue weighted by Gasteiger charge is 2.19. The number of carbonyl (C=O) groups excluding carboxylic acids is 1. The maximum atomic E-state index is 12.6. The molecule has 0 bridgehead atoms. The van der Waals surface area contributed by atoms with Gasteiger partial charge in [-0.15, -0.1) is 0 Å². The third-order valence-corrected chi connectivity index (χ3v) is 5.23. The lowest BCUT2D eigenvalue weighted by molar-refractivity contribution is -0.117. The smallest absolute Gasteiger partial charge is 0.262 e. The monoisotopic (exact) mass is 391 g/mol. The van der Waals surface area contributed by atoms with Crippen molar-refractivity contribution < 1.29 is 22.7 Å². The molecule has 1 atom stereocenters. The average molecular weight is 391 g/mol. The number of hydrogen-bond acceptors (Lipinski definition) is 6. The van der Waals surface area contributed by atoms with Gasteiger partial charge in [-0.05, 0) is 43.3 Å². The molecule has 3 rings (SSSR count). The number of amides is 1. The molecule has 1 aliphatic rings. The molecule has 2 aromatic rings. The van der Waals surface area contributed by atoms with E-state index in [1.54, 1.807) is 37.3 Å². The van der Waals surface area contributed by atoms with Crippen LogP contribution in [-0.4, -0.2) is 33.6 Å². The van der Waals surface area contributed by atoms with Gasteiger partial charge < -0.3 is 20.5 Å². The first-order chi connectivity index (χ1) is 12.8.